The van der Waals surface area contributed by atoms with Crippen molar-refractivity contribution < 1.29 is 23.8 Å². The minimum Gasteiger partial charge on any atom is -0.507 e. The second kappa shape index (κ2) is 9.01. The first-order valence-electron chi connectivity index (χ1n) is 10.2. The smallest absolute Gasteiger partial charge is 0.301 e. The van der Waals surface area contributed by atoms with Crippen LogP contribution in [0.25, 0.3) is 5.76 Å². The topological polar surface area (TPSA) is 79.7 Å². The number of halogens is 1. The van der Waals surface area contributed by atoms with Crippen LogP contribution in [0.1, 0.15) is 30.5 Å². The molecule has 7 heteroatoms. The Labute approximate surface area is 184 Å². The van der Waals surface area contributed by atoms with Crippen LogP contribution >= 0.6 is 0 Å². The molecule has 3 aromatic rings. The molecule has 2 aromatic carbocycles. The van der Waals surface area contributed by atoms with Crippen molar-refractivity contribution in [3.63, 3.8) is 0 Å². The van der Waals surface area contributed by atoms with Crippen molar-refractivity contribution in [2.45, 2.75) is 19.4 Å². The molecule has 1 aliphatic heterocycles. The lowest BCUT2D eigenvalue weighted by Crippen LogP contribution is -2.30. The number of anilines is 1. The Bertz CT molecular complexity index is 1160. The van der Waals surface area contributed by atoms with Gasteiger partial charge in [-0.15, -0.1) is 0 Å². The fourth-order valence-electron chi connectivity index (χ4n) is 3.61. The summed E-state index contributed by atoms with van der Waals surface area (Å²) in [5.41, 5.74) is 0.746. The van der Waals surface area contributed by atoms with E-state index >= 15 is 0 Å². The first kappa shape index (κ1) is 21.2. The maximum absolute atomic E-state index is 13.6. The Morgan fingerprint density at radius 2 is 1.78 bits per heavy atom. The summed E-state index contributed by atoms with van der Waals surface area (Å²) in [6, 6.07) is 16.1. The van der Waals surface area contributed by atoms with Crippen molar-refractivity contribution >= 4 is 23.3 Å². The molecule has 32 heavy (non-hydrogen) atoms. The molecule has 0 spiro atoms. The normalized spacial score (nSPS) is 17.6. The van der Waals surface area contributed by atoms with E-state index in [1.54, 1.807) is 42.5 Å². The number of pyridine rings is 1. The molecule has 1 aromatic heterocycles. The molecule has 0 saturated carbocycles. The van der Waals surface area contributed by atoms with Crippen LogP contribution < -0.4 is 9.64 Å². The van der Waals surface area contributed by atoms with E-state index < -0.39 is 23.5 Å². The highest BCUT2D eigenvalue weighted by atomic mass is 19.1. The van der Waals surface area contributed by atoms with Gasteiger partial charge in [0.05, 0.1) is 18.2 Å². The van der Waals surface area contributed by atoms with Crippen molar-refractivity contribution in [2.75, 3.05) is 11.5 Å². The molecule has 0 aliphatic carbocycles. The number of ketones is 1. The van der Waals surface area contributed by atoms with Gasteiger partial charge in [-0.05, 0) is 60.5 Å². The summed E-state index contributed by atoms with van der Waals surface area (Å²) in [4.78, 5) is 31.4. The number of aromatic nitrogens is 1. The number of ether oxygens (including phenoxy) is 1. The number of amides is 1. The summed E-state index contributed by atoms with van der Waals surface area (Å²) < 4.78 is 19.1. The van der Waals surface area contributed by atoms with Gasteiger partial charge in [0.25, 0.3) is 5.78 Å². The number of hydrogen-bond acceptors (Lipinski definition) is 5. The molecule has 0 bridgehead atoms. The van der Waals surface area contributed by atoms with E-state index in [4.69, 9.17) is 4.74 Å². The predicted molar refractivity (Wildman–Crippen MR) is 118 cm³/mol. The maximum Gasteiger partial charge on any atom is 0.301 e. The van der Waals surface area contributed by atoms with Crippen LogP contribution in [0.2, 0.25) is 0 Å². The average molecular weight is 432 g/mol. The Hall–Kier alpha value is -4.00. The zero-order valence-electron chi connectivity index (χ0n) is 17.4. The van der Waals surface area contributed by atoms with Gasteiger partial charge in [-0.1, -0.05) is 25.1 Å². The van der Waals surface area contributed by atoms with Crippen molar-refractivity contribution in [2.24, 2.45) is 0 Å². The van der Waals surface area contributed by atoms with E-state index in [1.807, 2.05) is 6.92 Å². The van der Waals surface area contributed by atoms with Gasteiger partial charge in [0.2, 0.25) is 0 Å². The molecule has 4 rings (SSSR count). The molecule has 2 heterocycles. The number of benzene rings is 2. The molecule has 1 atom stereocenters. The minimum absolute atomic E-state index is 0.0884. The highest BCUT2D eigenvalue weighted by molar-refractivity contribution is 6.51. The fraction of sp³-hybridized carbons (Fsp3) is 0.160. The van der Waals surface area contributed by atoms with Crippen molar-refractivity contribution in [3.8, 4) is 5.75 Å². The van der Waals surface area contributed by atoms with Crippen LogP contribution in [0, 0.1) is 5.82 Å². The van der Waals surface area contributed by atoms with Crippen LogP contribution in [0.3, 0.4) is 0 Å². The predicted octanol–water partition coefficient (Wildman–Crippen LogP) is 4.64. The van der Waals surface area contributed by atoms with Crippen LogP contribution in [-0.4, -0.2) is 28.4 Å². The lowest BCUT2D eigenvalue weighted by Gasteiger charge is -2.24. The summed E-state index contributed by atoms with van der Waals surface area (Å²) in [6.45, 7) is 2.56. The van der Waals surface area contributed by atoms with Crippen molar-refractivity contribution in [1.29, 1.82) is 0 Å². The minimum atomic E-state index is -0.957. The zero-order valence-corrected chi connectivity index (χ0v) is 17.4. The first-order chi connectivity index (χ1) is 15.5. The van der Waals surface area contributed by atoms with Gasteiger partial charge in [-0.25, -0.2) is 9.37 Å². The zero-order chi connectivity index (χ0) is 22.7. The van der Waals surface area contributed by atoms with E-state index in [2.05, 4.69) is 4.98 Å². The number of Topliss-reactive ketones (excluding diaryl/α,β-unsaturated/α-hetero) is 1. The van der Waals surface area contributed by atoms with Crippen LogP contribution in [0.5, 0.6) is 5.75 Å². The number of hydrogen-bond donors (Lipinski definition) is 1. The third kappa shape index (κ3) is 3.97. The van der Waals surface area contributed by atoms with Gasteiger partial charge in [0, 0.05) is 11.8 Å². The van der Waals surface area contributed by atoms with E-state index in [0.717, 1.165) is 6.42 Å². The molecule has 1 saturated heterocycles. The highest BCUT2D eigenvalue weighted by Gasteiger charge is 2.47. The van der Waals surface area contributed by atoms with Crippen molar-refractivity contribution in [1.82, 2.24) is 4.98 Å². The second-order valence-corrected chi connectivity index (χ2v) is 7.28. The summed E-state index contributed by atoms with van der Waals surface area (Å²) in [7, 11) is 0. The first-order valence-corrected chi connectivity index (χ1v) is 10.2. The quantitative estimate of drug-likeness (QED) is 0.349. The average Bonchev–Trinajstić information content (AvgIpc) is 3.09. The Morgan fingerprint density at radius 3 is 2.41 bits per heavy atom. The van der Waals surface area contributed by atoms with Crippen LogP contribution in [-0.2, 0) is 9.59 Å². The lowest BCUT2D eigenvalue weighted by atomic mass is 9.95. The number of nitrogens with zero attached hydrogens (tertiary/aromatic N) is 2. The standard InChI is InChI=1S/C25H21FN2O4/c1-2-15-32-19-12-8-17(9-13-19)23(29)21-22(16-6-10-18(26)11-7-16)28(25(31)24(21)30)20-5-3-4-14-27-20/h3-14,22,29H,2,15H2,1H3/b23-21+/t22-/m1/s1. The number of aliphatic hydroxyl groups is 1. The van der Waals surface area contributed by atoms with Gasteiger partial charge in [0.1, 0.15) is 23.1 Å². The number of rotatable bonds is 6. The van der Waals surface area contributed by atoms with E-state index in [1.165, 1.54) is 35.4 Å². The summed E-state index contributed by atoms with van der Waals surface area (Å²) >= 11 is 0. The Balaban J connectivity index is 1.83. The molecule has 0 unspecified atom stereocenters. The molecule has 1 N–H and O–H groups in total. The van der Waals surface area contributed by atoms with Gasteiger partial charge in [0.15, 0.2) is 0 Å². The molecule has 6 nitrogen and oxygen atoms in total. The SMILES string of the molecule is CCCOc1ccc(/C(O)=C2\C(=O)C(=O)N(c3ccccn3)[C@@H]2c2ccc(F)cc2)cc1. The highest BCUT2D eigenvalue weighted by Crippen LogP contribution is 2.41. The Kier molecular flexibility index (Phi) is 5.98. The maximum atomic E-state index is 13.6. The number of aliphatic hydroxyl groups excluding tert-OH is 1. The lowest BCUT2D eigenvalue weighted by molar-refractivity contribution is -0.132. The Morgan fingerprint density at radius 1 is 1.06 bits per heavy atom. The summed E-state index contributed by atoms with van der Waals surface area (Å²) in [6.07, 6.45) is 2.36. The molecule has 1 amide bonds. The fourth-order valence-corrected chi connectivity index (χ4v) is 3.61. The van der Waals surface area contributed by atoms with E-state index in [0.29, 0.717) is 23.5 Å². The molecular weight excluding hydrogens is 411 g/mol. The van der Waals surface area contributed by atoms with Crippen molar-refractivity contribution in [3.05, 3.63) is 95.4 Å². The van der Waals surface area contributed by atoms with Gasteiger partial charge in [-0.2, -0.15) is 0 Å². The molecular formula is C25H21FN2O4. The monoisotopic (exact) mass is 432 g/mol. The van der Waals surface area contributed by atoms with Gasteiger partial charge in [-0.3, -0.25) is 14.5 Å². The molecule has 1 fully saturated rings. The third-order valence-corrected chi connectivity index (χ3v) is 5.13. The summed E-state index contributed by atoms with van der Waals surface area (Å²) in [5.74, 6) is -1.54. The number of carbonyl (C=O) groups is 2. The second-order valence-electron chi connectivity index (χ2n) is 7.28. The molecule has 162 valence electrons. The molecule has 1 aliphatic rings. The van der Waals surface area contributed by atoms with Crippen LogP contribution in [0.15, 0.2) is 78.5 Å². The third-order valence-electron chi connectivity index (χ3n) is 5.13. The molecule has 0 radical (unpaired) electrons. The summed E-state index contributed by atoms with van der Waals surface area (Å²) in [5, 5.41) is 11.1. The van der Waals surface area contributed by atoms with E-state index in [-0.39, 0.29) is 17.2 Å². The number of carbonyl (C=O) groups excluding carboxylic acids is 2. The van der Waals surface area contributed by atoms with Gasteiger partial charge < -0.3 is 9.84 Å². The van der Waals surface area contributed by atoms with E-state index in [9.17, 15) is 19.1 Å². The largest absolute Gasteiger partial charge is 0.507 e. The van der Waals surface area contributed by atoms with Crippen LogP contribution in [0.4, 0.5) is 10.2 Å². The van der Waals surface area contributed by atoms with Gasteiger partial charge >= 0.3 is 5.91 Å².